The van der Waals surface area contributed by atoms with E-state index in [1.807, 2.05) is 0 Å². The van der Waals surface area contributed by atoms with Crippen LogP contribution in [0.5, 0.6) is 0 Å². The van der Waals surface area contributed by atoms with E-state index >= 15 is 0 Å². The lowest BCUT2D eigenvalue weighted by atomic mass is 9.99. The van der Waals surface area contributed by atoms with Gasteiger partial charge in [0.2, 0.25) is 6.17 Å². The van der Waals surface area contributed by atoms with Gasteiger partial charge in [0, 0.05) is 21.7 Å². The van der Waals surface area contributed by atoms with Gasteiger partial charge in [0.15, 0.2) is 5.78 Å². The number of benzodiazepines with no additional fused rings is 1. The maximum absolute atomic E-state index is 14.0. The van der Waals surface area contributed by atoms with Crippen molar-refractivity contribution in [2.45, 2.75) is 19.3 Å². The molecule has 0 saturated carbocycles. The molecular weight excluding hydrogens is 581 g/mol. The molecule has 0 bridgehead atoms. The maximum Gasteiger partial charge on any atom is 0.418 e. The first kappa shape index (κ1) is 29.5. The van der Waals surface area contributed by atoms with Gasteiger partial charge in [0.1, 0.15) is 0 Å². The van der Waals surface area contributed by atoms with E-state index in [4.69, 9.17) is 11.6 Å². The standard InChI is InChI=1S/C32H24ClF3N4O3/c1-19-9-5-6-12-22(19)27(41)18-40-26-14-8-7-13-23(26)28(20-10-3-2-4-11-20)38-29(30(40)42)39-31(43)37-25-16-15-21(33)17-24(25)32(34,35)36/h2-17,29H,18H2,1H3,(H2,37,39,43). The molecule has 3 amide bonds. The first-order valence-electron chi connectivity index (χ1n) is 13.1. The zero-order valence-electron chi connectivity index (χ0n) is 22.7. The van der Waals surface area contributed by atoms with Gasteiger partial charge in [-0.3, -0.25) is 9.59 Å². The zero-order valence-corrected chi connectivity index (χ0v) is 23.4. The lowest BCUT2D eigenvalue weighted by Crippen LogP contribution is -2.50. The topological polar surface area (TPSA) is 90.9 Å². The molecule has 5 rings (SSSR count). The highest BCUT2D eigenvalue weighted by atomic mass is 35.5. The molecule has 11 heteroatoms. The third-order valence-corrected chi connectivity index (χ3v) is 7.04. The number of alkyl halides is 3. The molecule has 1 unspecified atom stereocenters. The highest BCUT2D eigenvalue weighted by molar-refractivity contribution is 6.30. The molecule has 43 heavy (non-hydrogen) atoms. The Kier molecular flexibility index (Phi) is 8.31. The number of hydrogen-bond acceptors (Lipinski definition) is 4. The van der Waals surface area contributed by atoms with Crippen molar-refractivity contribution >= 4 is 46.4 Å². The van der Waals surface area contributed by atoms with Crippen LogP contribution in [0.1, 0.15) is 32.6 Å². The number of halogens is 4. The predicted octanol–water partition coefficient (Wildman–Crippen LogP) is 6.88. The largest absolute Gasteiger partial charge is 0.418 e. The Bertz CT molecular complexity index is 1740. The van der Waals surface area contributed by atoms with E-state index < -0.39 is 35.5 Å². The van der Waals surface area contributed by atoms with Crippen molar-refractivity contribution in [2.75, 3.05) is 16.8 Å². The van der Waals surface area contributed by atoms with Crippen LogP contribution in [0.15, 0.2) is 102 Å². The van der Waals surface area contributed by atoms with Gasteiger partial charge in [0.25, 0.3) is 5.91 Å². The first-order chi connectivity index (χ1) is 20.5. The number of Topliss-reactive ketones (excluding diaryl/α,β-unsaturated/α-hetero) is 1. The Morgan fingerprint density at radius 1 is 0.930 bits per heavy atom. The van der Waals surface area contributed by atoms with Crippen LogP contribution in [-0.2, 0) is 11.0 Å². The van der Waals surface area contributed by atoms with Crippen LogP contribution >= 0.6 is 11.6 Å². The summed E-state index contributed by atoms with van der Waals surface area (Å²) >= 11 is 5.76. The number of ketones is 1. The van der Waals surface area contributed by atoms with Crippen LogP contribution in [0.25, 0.3) is 0 Å². The molecule has 1 heterocycles. The van der Waals surface area contributed by atoms with Gasteiger partial charge in [-0.15, -0.1) is 0 Å². The molecule has 0 aliphatic carbocycles. The molecule has 1 aliphatic heterocycles. The normalized spacial score (nSPS) is 14.8. The summed E-state index contributed by atoms with van der Waals surface area (Å²) in [6.45, 7) is 1.41. The first-order valence-corrected chi connectivity index (χ1v) is 13.5. The average molecular weight is 605 g/mol. The van der Waals surface area contributed by atoms with E-state index in [2.05, 4.69) is 15.6 Å². The van der Waals surface area contributed by atoms with Crippen molar-refractivity contribution in [3.8, 4) is 0 Å². The number of nitrogens with one attached hydrogen (secondary N) is 2. The third-order valence-electron chi connectivity index (χ3n) is 6.81. The number of rotatable bonds is 6. The monoisotopic (exact) mass is 604 g/mol. The van der Waals surface area contributed by atoms with Gasteiger partial charge in [-0.2, -0.15) is 13.2 Å². The smallest absolute Gasteiger partial charge is 0.308 e. The molecule has 2 N–H and O–H groups in total. The number of anilines is 2. The molecule has 1 atom stereocenters. The van der Waals surface area contributed by atoms with Crippen LogP contribution in [0, 0.1) is 6.92 Å². The molecule has 0 fully saturated rings. The van der Waals surface area contributed by atoms with E-state index in [-0.39, 0.29) is 17.4 Å². The summed E-state index contributed by atoms with van der Waals surface area (Å²) in [4.78, 5) is 46.4. The Morgan fingerprint density at radius 3 is 2.33 bits per heavy atom. The number of hydrogen-bond donors (Lipinski definition) is 2. The Hall–Kier alpha value is -4.96. The SMILES string of the molecule is Cc1ccccc1C(=O)CN1C(=O)C(NC(=O)Nc2ccc(Cl)cc2C(F)(F)F)N=C(c2ccccc2)c2ccccc21. The second kappa shape index (κ2) is 12.1. The fourth-order valence-corrected chi connectivity index (χ4v) is 4.94. The van der Waals surface area contributed by atoms with Crippen LogP contribution < -0.4 is 15.5 Å². The molecule has 0 radical (unpaired) electrons. The number of para-hydroxylation sites is 1. The third kappa shape index (κ3) is 6.44. The van der Waals surface area contributed by atoms with Gasteiger partial charge >= 0.3 is 12.2 Å². The summed E-state index contributed by atoms with van der Waals surface area (Å²) in [5.41, 5.74) is 1.32. The molecule has 7 nitrogen and oxygen atoms in total. The van der Waals surface area contributed by atoms with Gasteiger partial charge in [0.05, 0.1) is 29.2 Å². The fraction of sp³-hybridized carbons (Fsp3) is 0.125. The van der Waals surface area contributed by atoms with Crippen LogP contribution in [0.2, 0.25) is 5.02 Å². The number of aliphatic imine (C=N–C) groups is 1. The number of carbonyl (C=O) groups is 3. The predicted molar refractivity (Wildman–Crippen MR) is 159 cm³/mol. The summed E-state index contributed by atoms with van der Waals surface area (Å²) in [6, 6.07) is 24.5. The summed E-state index contributed by atoms with van der Waals surface area (Å²) in [5, 5.41) is 4.39. The van der Waals surface area contributed by atoms with Crippen LogP contribution in [-0.4, -0.2) is 36.1 Å². The average Bonchev–Trinajstić information content (AvgIpc) is 3.09. The molecule has 4 aromatic rings. The molecule has 0 saturated heterocycles. The second-order valence-electron chi connectivity index (χ2n) is 9.71. The zero-order chi connectivity index (χ0) is 30.7. The lowest BCUT2D eigenvalue weighted by molar-refractivity contribution is -0.137. The Morgan fingerprint density at radius 2 is 1.60 bits per heavy atom. The molecule has 1 aliphatic rings. The Balaban J connectivity index is 1.54. The molecule has 0 spiro atoms. The summed E-state index contributed by atoms with van der Waals surface area (Å²) in [6.07, 6.45) is -6.40. The van der Waals surface area contributed by atoms with E-state index in [0.717, 1.165) is 11.6 Å². The number of urea groups is 1. The molecular formula is C32H24ClF3N4O3. The Labute approximate surface area is 250 Å². The highest BCUT2D eigenvalue weighted by Gasteiger charge is 2.36. The molecule has 4 aromatic carbocycles. The quantitative estimate of drug-likeness (QED) is 0.235. The lowest BCUT2D eigenvalue weighted by Gasteiger charge is -2.25. The van der Waals surface area contributed by atoms with Crippen molar-refractivity contribution < 1.29 is 27.6 Å². The maximum atomic E-state index is 14.0. The van der Waals surface area contributed by atoms with Crippen LogP contribution in [0.3, 0.4) is 0 Å². The molecule has 218 valence electrons. The number of aryl methyl sites for hydroxylation is 1. The minimum atomic E-state index is -4.81. The highest BCUT2D eigenvalue weighted by Crippen LogP contribution is 2.36. The van der Waals surface area contributed by atoms with Gasteiger partial charge in [-0.1, -0.05) is 84.4 Å². The van der Waals surface area contributed by atoms with Crippen molar-refractivity contribution in [1.82, 2.24) is 5.32 Å². The number of carbonyl (C=O) groups excluding carboxylic acids is 3. The number of fused-ring (bicyclic) bond motifs is 1. The van der Waals surface area contributed by atoms with Crippen LogP contribution in [0.4, 0.5) is 29.3 Å². The minimum absolute atomic E-state index is 0.166. The number of amides is 3. The van der Waals surface area contributed by atoms with E-state index in [1.165, 1.54) is 11.0 Å². The summed E-state index contributed by atoms with van der Waals surface area (Å²) in [5.74, 6) is -1.09. The van der Waals surface area contributed by atoms with E-state index in [0.29, 0.717) is 34.2 Å². The second-order valence-corrected chi connectivity index (χ2v) is 10.1. The van der Waals surface area contributed by atoms with Gasteiger partial charge < -0.3 is 15.5 Å². The fourth-order valence-electron chi connectivity index (χ4n) is 4.77. The number of nitrogens with zero attached hydrogens (tertiary/aromatic N) is 2. The summed E-state index contributed by atoms with van der Waals surface area (Å²) in [7, 11) is 0. The van der Waals surface area contributed by atoms with Crippen molar-refractivity contribution in [1.29, 1.82) is 0 Å². The van der Waals surface area contributed by atoms with E-state index in [9.17, 15) is 27.6 Å². The summed E-state index contributed by atoms with van der Waals surface area (Å²) < 4.78 is 40.9. The van der Waals surface area contributed by atoms with E-state index in [1.54, 1.807) is 85.8 Å². The van der Waals surface area contributed by atoms with Gasteiger partial charge in [-0.05, 0) is 36.8 Å². The molecule has 0 aromatic heterocycles. The van der Waals surface area contributed by atoms with Crippen molar-refractivity contribution in [2.24, 2.45) is 4.99 Å². The van der Waals surface area contributed by atoms with Crippen molar-refractivity contribution in [3.63, 3.8) is 0 Å². The minimum Gasteiger partial charge on any atom is -0.308 e. The van der Waals surface area contributed by atoms with Gasteiger partial charge in [-0.25, -0.2) is 9.79 Å². The number of benzene rings is 4. The van der Waals surface area contributed by atoms with Crippen molar-refractivity contribution in [3.05, 3.63) is 130 Å².